The highest BCUT2D eigenvalue weighted by Gasteiger charge is 2.24. The Labute approximate surface area is 115 Å². The molecule has 3 N–H and O–H groups in total. The number of hydrogen-bond acceptors (Lipinski definition) is 5. The van der Waals surface area contributed by atoms with E-state index in [1.165, 1.54) is 6.92 Å². The number of anilines is 1. The molecule has 1 unspecified atom stereocenters. The molecule has 0 radical (unpaired) electrons. The Morgan fingerprint density at radius 1 is 1.20 bits per heavy atom. The molecule has 1 atom stereocenters. The molecular weight excluding hydrogens is 314 g/mol. The van der Waals surface area contributed by atoms with Gasteiger partial charge < -0.3 is 5.73 Å². The van der Waals surface area contributed by atoms with Crippen LogP contribution in [-0.4, -0.2) is 34.9 Å². The molecule has 0 bridgehead atoms. The van der Waals surface area contributed by atoms with Gasteiger partial charge in [-0.25, -0.2) is 30.3 Å². The molecule has 20 heavy (non-hydrogen) atoms. The molecule has 10 heteroatoms. The average molecular weight is 328 g/mol. The van der Waals surface area contributed by atoms with Crippen LogP contribution in [0.1, 0.15) is 6.92 Å². The summed E-state index contributed by atoms with van der Waals surface area (Å²) >= 11 is 0. The van der Waals surface area contributed by atoms with Crippen molar-refractivity contribution < 1.29 is 25.6 Å². The maximum Gasteiger partial charge on any atom is 0.243 e. The lowest BCUT2D eigenvalue weighted by Gasteiger charge is -2.14. The van der Waals surface area contributed by atoms with Gasteiger partial charge in [-0.1, -0.05) is 0 Å². The molecule has 0 fully saturated rings. The van der Waals surface area contributed by atoms with Crippen LogP contribution in [-0.2, 0) is 19.9 Å². The van der Waals surface area contributed by atoms with Crippen LogP contribution in [0.5, 0.6) is 0 Å². The van der Waals surface area contributed by atoms with E-state index in [1.54, 1.807) is 0 Å². The molecule has 1 rings (SSSR count). The first-order valence-corrected chi connectivity index (χ1v) is 8.91. The highest BCUT2D eigenvalue weighted by Crippen LogP contribution is 2.21. The molecule has 1 aromatic rings. The van der Waals surface area contributed by atoms with Crippen molar-refractivity contribution in [2.45, 2.75) is 17.9 Å². The van der Waals surface area contributed by atoms with Crippen molar-refractivity contribution in [3.05, 3.63) is 23.8 Å². The third-order valence-corrected chi connectivity index (χ3v) is 4.96. The molecule has 114 valence electrons. The van der Waals surface area contributed by atoms with Gasteiger partial charge in [0.05, 0.1) is 11.4 Å². The zero-order chi connectivity index (χ0) is 15.7. The number of nitrogens with one attached hydrogen (secondary N) is 1. The Kier molecular flexibility index (Phi) is 4.72. The number of nitrogens with two attached hydrogens (primary N) is 1. The fourth-order valence-electron chi connectivity index (χ4n) is 1.57. The normalized spacial score (nSPS) is 14.2. The van der Waals surface area contributed by atoms with E-state index >= 15 is 0 Å². The number of sulfonamides is 1. The molecule has 0 aliphatic rings. The van der Waals surface area contributed by atoms with Crippen molar-refractivity contribution in [3.8, 4) is 0 Å². The van der Waals surface area contributed by atoms with Crippen molar-refractivity contribution in [2.24, 2.45) is 0 Å². The second-order valence-corrected chi connectivity index (χ2v) is 8.29. The van der Waals surface area contributed by atoms with Crippen LogP contribution in [0.2, 0.25) is 0 Å². The fraction of sp³-hybridized carbons (Fsp3) is 0.400. The first-order chi connectivity index (χ1) is 8.92. The van der Waals surface area contributed by atoms with Crippen molar-refractivity contribution in [2.75, 3.05) is 17.7 Å². The second kappa shape index (κ2) is 5.62. The smallest absolute Gasteiger partial charge is 0.243 e. The number of benzene rings is 1. The third kappa shape index (κ3) is 4.39. The predicted octanol–water partition coefficient (Wildman–Crippen LogP) is 0.258. The van der Waals surface area contributed by atoms with Gasteiger partial charge in [0.2, 0.25) is 10.0 Å². The molecule has 0 aliphatic heterocycles. The summed E-state index contributed by atoms with van der Waals surface area (Å²) in [6.07, 6.45) is 0.939. The average Bonchev–Trinajstić information content (AvgIpc) is 2.19. The van der Waals surface area contributed by atoms with E-state index in [0.717, 1.165) is 6.26 Å². The lowest BCUT2D eigenvalue weighted by atomic mass is 10.3. The Morgan fingerprint density at radius 3 is 2.25 bits per heavy atom. The second-order valence-electron chi connectivity index (χ2n) is 4.42. The minimum absolute atomic E-state index is 0.352. The third-order valence-electron chi connectivity index (χ3n) is 2.25. The van der Waals surface area contributed by atoms with Gasteiger partial charge in [0.25, 0.3) is 0 Å². The molecule has 0 aromatic heterocycles. The number of rotatable bonds is 5. The van der Waals surface area contributed by atoms with Gasteiger partial charge in [-0.2, -0.15) is 0 Å². The van der Waals surface area contributed by atoms with Crippen LogP contribution < -0.4 is 10.5 Å². The van der Waals surface area contributed by atoms with E-state index in [4.69, 9.17) is 5.73 Å². The minimum atomic E-state index is -4.34. The van der Waals surface area contributed by atoms with Crippen molar-refractivity contribution in [3.63, 3.8) is 0 Å². The van der Waals surface area contributed by atoms with E-state index in [0.29, 0.717) is 12.1 Å². The van der Waals surface area contributed by atoms with Crippen molar-refractivity contribution in [1.82, 2.24) is 4.72 Å². The topological polar surface area (TPSA) is 106 Å². The number of halogens is 2. The van der Waals surface area contributed by atoms with Crippen LogP contribution in [0.15, 0.2) is 17.0 Å². The fourth-order valence-corrected chi connectivity index (χ4v) is 4.00. The lowest BCUT2D eigenvalue weighted by Crippen LogP contribution is -2.37. The van der Waals surface area contributed by atoms with E-state index in [9.17, 15) is 25.6 Å². The Hall–Kier alpha value is -1.26. The molecule has 1 aromatic carbocycles. The van der Waals surface area contributed by atoms with Crippen molar-refractivity contribution >= 4 is 25.5 Å². The first-order valence-electron chi connectivity index (χ1n) is 5.37. The zero-order valence-electron chi connectivity index (χ0n) is 10.7. The maximum atomic E-state index is 13.5. The molecule has 0 saturated carbocycles. The number of sulfone groups is 1. The van der Waals surface area contributed by atoms with Crippen LogP contribution in [0, 0.1) is 11.6 Å². The van der Waals surface area contributed by atoms with Gasteiger partial charge >= 0.3 is 0 Å². The molecular formula is C10H14F2N2O4S2. The number of nitrogen functional groups attached to an aromatic ring is 1. The molecule has 0 saturated heterocycles. The summed E-state index contributed by atoms with van der Waals surface area (Å²) in [6.45, 7) is 1.31. The molecule has 0 aliphatic carbocycles. The van der Waals surface area contributed by atoms with Gasteiger partial charge in [0.15, 0.2) is 0 Å². The monoisotopic (exact) mass is 328 g/mol. The van der Waals surface area contributed by atoms with Crippen molar-refractivity contribution in [1.29, 1.82) is 0 Å². The molecule has 0 heterocycles. The first kappa shape index (κ1) is 16.8. The highest BCUT2D eigenvalue weighted by molar-refractivity contribution is 7.91. The molecule has 0 spiro atoms. The van der Waals surface area contributed by atoms with Crippen LogP contribution >= 0.6 is 0 Å². The Bertz CT molecular complexity index is 717. The SMILES string of the molecule is CC(CS(C)(=O)=O)NS(=O)(=O)c1cc(N)c(F)cc1F. The van der Waals surface area contributed by atoms with Gasteiger partial charge in [-0.15, -0.1) is 0 Å². The van der Waals surface area contributed by atoms with Gasteiger partial charge in [-0.05, 0) is 13.0 Å². The molecule has 6 nitrogen and oxygen atoms in total. The van der Waals surface area contributed by atoms with Gasteiger partial charge in [0, 0.05) is 18.4 Å². The van der Waals surface area contributed by atoms with Crippen LogP contribution in [0.25, 0.3) is 0 Å². The van der Waals surface area contributed by atoms with Crippen LogP contribution in [0.3, 0.4) is 0 Å². The summed E-state index contributed by atoms with van der Waals surface area (Å²) < 4.78 is 74.3. The maximum absolute atomic E-state index is 13.5. The summed E-state index contributed by atoms with van der Waals surface area (Å²) in [5, 5.41) is 0. The minimum Gasteiger partial charge on any atom is -0.396 e. The van der Waals surface area contributed by atoms with E-state index in [2.05, 4.69) is 0 Å². The summed E-state index contributed by atoms with van der Waals surface area (Å²) in [5.41, 5.74) is 4.66. The Morgan fingerprint density at radius 2 is 1.75 bits per heavy atom. The highest BCUT2D eigenvalue weighted by atomic mass is 32.2. The van der Waals surface area contributed by atoms with E-state index < -0.39 is 53.9 Å². The standard InChI is InChI=1S/C10H14F2N2O4S2/c1-6(5-19(2,15)16)14-20(17,18)10-4-9(13)7(11)3-8(10)12/h3-4,6,14H,5,13H2,1-2H3. The van der Waals surface area contributed by atoms with E-state index in [1.807, 2.05) is 4.72 Å². The van der Waals surface area contributed by atoms with Gasteiger partial charge in [0.1, 0.15) is 26.4 Å². The van der Waals surface area contributed by atoms with Gasteiger partial charge in [-0.3, -0.25) is 0 Å². The quantitative estimate of drug-likeness (QED) is 0.754. The molecule has 0 amide bonds. The summed E-state index contributed by atoms with van der Waals surface area (Å²) in [7, 11) is -7.75. The lowest BCUT2D eigenvalue weighted by molar-refractivity contribution is 0.538. The zero-order valence-corrected chi connectivity index (χ0v) is 12.4. The summed E-state index contributed by atoms with van der Waals surface area (Å²) in [6, 6.07) is 0.0198. The number of hydrogen-bond donors (Lipinski definition) is 2. The summed E-state index contributed by atoms with van der Waals surface area (Å²) in [4.78, 5) is -0.836. The predicted molar refractivity (Wildman–Crippen MR) is 70.3 cm³/mol. The van der Waals surface area contributed by atoms with E-state index in [-0.39, 0.29) is 0 Å². The summed E-state index contributed by atoms with van der Waals surface area (Å²) in [5.74, 6) is -2.84. The Balaban J connectivity index is 3.09. The van der Waals surface area contributed by atoms with Crippen LogP contribution in [0.4, 0.5) is 14.5 Å². The largest absolute Gasteiger partial charge is 0.396 e.